The van der Waals surface area contributed by atoms with E-state index in [2.05, 4.69) is 36.6 Å². The van der Waals surface area contributed by atoms with E-state index in [0.717, 1.165) is 12.8 Å². The van der Waals surface area contributed by atoms with Crippen LogP contribution in [-0.2, 0) is 20.7 Å². The number of amides is 2. The summed E-state index contributed by atoms with van der Waals surface area (Å²) in [6.45, 7) is 6.14. The number of nitrogens with one attached hydrogen (secondary N) is 2. The molecular formula is C25H32N2O4S. The van der Waals surface area contributed by atoms with Crippen molar-refractivity contribution in [3.05, 3.63) is 58.3 Å². The zero-order valence-corrected chi connectivity index (χ0v) is 19.7. The minimum absolute atomic E-state index is 0.0119. The molecule has 3 rings (SSSR count). The van der Waals surface area contributed by atoms with Gasteiger partial charge in [-0.15, -0.1) is 0 Å². The summed E-state index contributed by atoms with van der Waals surface area (Å²) in [5.41, 5.74) is 1.56. The highest BCUT2D eigenvalue weighted by Gasteiger charge is 2.38. The molecule has 0 bridgehead atoms. The smallest absolute Gasteiger partial charge is 0.252 e. The van der Waals surface area contributed by atoms with Crippen LogP contribution in [0.25, 0.3) is 0 Å². The highest BCUT2D eigenvalue weighted by atomic mass is 32.1. The lowest BCUT2D eigenvalue weighted by Crippen LogP contribution is -2.54. The molecule has 1 saturated heterocycles. The van der Waals surface area contributed by atoms with Gasteiger partial charge in [-0.05, 0) is 48.1 Å². The average molecular weight is 457 g/mol. The maximum absolute atomic E-state index is 13.2. The van der Waals surface area contributed by atoms with Crippen LogP contribution in [0.15, 0.2) is 47.2 Å². The third kappa shape index (κ3) is 6.50. The predicted molar refractivity (Wildman–Crippen MR) is 126 cm³/mol. The number of carbonyl (C=O) groups excluding carboxylic acids is 3. The molecule has 1 aromatic heterocycles. The second-order valence-electron chi connectivity index (χ2n) is 9.10. The molecule has 2 heterocycles. The second-order valence-corrected chi connectivity index (χ2v) is 9.88. The maximum Gasteiger partial charge on any atom is 0.252 e. The number of carbonyl (C=O) groups is 3. The Kier molecular flexibility index (Phi) is 8.21. The number of benzene rings is 1. The Labute approximate surface area is 193 Å². The van der Waals surface area contributed by atoms with Crippen LogP contribution >= 0.6 is 11.3 Å². The van der Waals surface area contributed by atoms with E-state index in [4.69, 9.17) is 4.74 Å². The monoisotopic (exact) mass is 456 g/mol. The van der Waals surface area contributed by atoms with E-state index in [0.29, 0.717) is 18.4 Å². The lowest BCUT2D eigenvalue weighted by atomic mass is 9.80. The number of ether oxygens (including phenoxy) is 1. The van der Waals surface area contributed by atoms with Crippen LogP contribution in [0.1, 0.15) is 56.0 Å². The molecule has 0 radical (unpaired) electrons. The van der Waals surface area contributed by atoms with E-state index >= 15 is 0 Å². The molecule has 3 atom stereocenters. The molecule has 32 heavy (non-hydrogen) atoms. The van der Waals surface area contributed by atoms with E-state index in [1.807, 2.05) is 30.5 Å². The van der Waals surface area contributed by atoms with Crippen molar-refractivity contribution in [2.45, 2.75) is 64.6 Å². The van der Waals surface area contributed by atoms with Crippen LogP contribution < -0.4 is 10.6 Å². The maximum atomic E-state index is 13.2. The van der Waals surface area contributed by atoms with E-state index in [9.17, 15) is 14.4 Å². The summed E-state index contributed by atoms with van der Waals surface area (Å²) in [6, 6.07) is 10.5. The lowest BCUT2D eigenvalue weighted by Gasteiger charge is -2.31. The SMILES string of the molecule is CCC1OCC(=O)C1NC(=O)C(CC(C)(C)CCc1ccccc1)NC(=O)c1ccsc1. The molecule has 0 spiro atoms. The molecule has 172 valence electrons. The second kappa shape index (κ2) is 10.9. The first-order chi connectivity index (χ1) is 15.3. The fourth-order valence-electron chi connectivity index (χ4n) is 3.99. The van der Waals surface area contributed by atoms with Gasteiger partial charge in [-0.1, -0.05) is 51.1 Å². The number of rotatable bonds is 10. The minimum Gasteiger partial charge on any atom is -0.368 e. The van der Waals surface area contributed by atoms with Gasteiger partial charge in [0.15, 0.2) is 5.78 Å². The van der Waals surface area contributed by atoms with E-state index in [1.54, 1.807) is 11.4 Å². The third-order valence-corrected chi connectivity index (χ3v) is 6.64. The van der Waals surface area contributed by atoms with E-state index in [-0.39, 0.29) is 35.7 Å². The summed E-state index contributed by atoms with van der Waals surface area (Å²) in [5, 5.41) is 9.33. The number of hydrogen-bond acceptors (Lipinski definition) is 5. The zero-order valence-electron chi connectivity index (χ0n) is 18.9. The summed E-state index contributed by atoms with van der Waals surface area (Å²) in [7, 11) is 0. The largest absolute Gasteiger partial charge is 0.368 e. The van der Waals surface area contributed by atoms with Crippen molar-refractivity contribution in [2.24, 2.45) is 5.41 Å². The van der Waals surface area contributed by atoms with Crippen molar-refractivity contribution < 1.29 is 19.1 Å². The molecule has 2 N–H and O–H groups in total. The van der Waals surface area contributed by atoms with Crippen molar-refractivity contribution in [1.29, 1.82) is 0 Å². The van der Waals surface area contributed by atoms with Crippen molar-refractivity contribution in [3.63, 3.8) is 0 Å². The van der Waals surface area contributed by atoms with Crippen molar-refractivity contribution in [1.82, 2.24) is 10.6 Å². The van der Waals surface area contributed by atoms with Crippen LogP contribution in [0.5, 0.6) is 0 Å². The van der Waals surface area contributed by atoms with Crippen molar-refractivity contribution in [2.75, 3.05) is 6.61 Å². The van der Waals surface area contributed by atoms with Gasteiger partial charge in [-0.2, -0.15) is 11.3 Å². The van der Waals surface area contributed by atoms with Gasteiger partial charge in [0.05, 0.1) is 11.7 Å². The first-order valence-corrected chi connectivity index (χ1v) is 12.0. The first-order valence-electron chi connectivity index (χ1n) is 11.1. The highest BCUT2D eigenvalue weighted by molar-refractivity contribution is 7.08. The van der Waals surface area contributed by atoms with Gasteiger partial charge in [0.2, 0.25) is 5.91 Å². The molecule has 7 heteroatoms. The molecule has 3 unspecified atom stereocenters. The van der Waals surface area contributed by atoms with Crippen molar-refractivity contribution in [3.8, 4) is 0 Å². The van der Waals surface area contributed by atoms with E-state index < -0.39 is 12.1 Å². The molecule has 2 amide bonds. The molecule has 1 fully saturated rings. The Balaban J connectivity index is 1.71. The normalized spacial score (nSPS) is 19.5. The molecule has 2 aromatic rings. The zero-order chi connectivity index (χ0) is 23.1. The topological polar surface area (TPSA) is 84.5 Å². The minimum atomic E-state index is -0.751. The van der Waals surface area contributed by atoms with Crippen LogP contribution in [0.2, 0.25) is 0 Å². The summed E-state index contributed by atoms with van der Waals surface area (Å²) < 4.78 is 5.49. The number of hydrogen-bond donors (Lipinski definition) is 2. The highest BCUT2D eigenvalue weighted by Crippen LogP contribution is 2.29. The first kappa shape index (κ1) is 24.1. The average Bonchev–Trinajstić information content (AvgIpc) is 3.43. The Morgan fingerprint density at radius 1 is 1.22 bits per heavy atom. The molecule has 6 nitrogen and oxygen atoms in total. The number of ketones is 1. The number of thiophene rings is 1. The van der Waals surface area contributed by atoms with E-state index in [1.165, 1.54) is 16.9 Å². The van der Waals surface area contributed by atoms with Gasteiger partial charge in [-0.3, -0.25) is 14.4 Å². The Morgan fingerprint density at radius 2 is 1.97 bits per heavy atom. The molecule has 1 aromatic carbocycles. The van der Waals surface area contributed by atoms with Gasteiger partial charge in [0.25, 0.3) is 5.91 Å². The summed E-state index contributed by atoms with van der Waals surface area (Å²) in [6.07, 6.45) is 2.50. The molecule has 0 saturated carbocycles. The quantitative estimate of drug-likeness (QED) is 0.570. The molecular weight excluding hydrogens is 424 g/mol. The molecule has 0 aliphatic carbocycles. The van der Waals surface area contributed by atoms with Gasteiger partial charge in [-0.25, -0.2) is 0 Å². The fraction of sp³-hybridized carbons (Fsp3) is 0.480. The Hall–Kier alpha value is -2.51. The predicted octanol–water partition coefficient (Wildman–Crippen LogP) is 3.76. The standard InChI is InChI=1S/C25H32N2O4S/c1-4-21-22(20(28)15-31-21)27-24(30)19(26-23(29)18-11-13-32-16-18)14-25(2,3)12-10-17-8-6-5-7-9-17/h5-9,11,13,16,19,21-22H,4,10,12,14-15H2,1-3H3,(H,26,29)(H,27,30). The van der Waals surface area contributed by atoms with Crippen molar-refractivity contribution >= 4 is 28.9 Å². The fourth-order valence-corrected chi connectivity index (χ4v) is 4.63. The number of Topliss-reactive ketones (excluding diaryl/α,β-unsaturated/α-hetero) is 1. The van der Waals surface area contributed by atoms with Crippen LogP contribution in [0.4, 0.5) is 0 Å². The van der Waals surface area contributed by atoms with Gasteiger partial charge < -0.3 is 15.4 Å². The summed E-state index contributed by atoms with van der Waals surface area (Å²) in [5.74, 6) is -0.758. The van der Waals surface area contributed by atoms with Crippen LogP contribution in [0.3, 0.4) is 0 Å². The van der Waals surface area contributed by atoms with Gasteiger partial charge in [0, 0.05) is 5.38 Å². The Bertz CT molecular complexity index is 911. The molecule has 1 aliphatic heterocycles. The van der Waals surface area contributed by atoms with Gasteiger partial charge >= 0.3 is 0 Å². The summed E-state index contributed by atoms with van der Waals surface area (Å²) in [4.78, 5) is 38.2. The lowest BCUT2D eigenvalue weighted by molar-refractivity contribution is -0.128. The molecule has 1 aliphatic rings. The number of aryl methyl sites for hydroxylation is 1. The van der Waals surface area contributed by atoms with Crippen LogP contribution in [0, 0.1) is 5.41 Å². The summed E-state index contributed by atoms with van der Waals surface area (Å²) >= 11 is 1.43. The third-order valence-electron chi connectivity index (χ3n) is 5.95. The van der Waals surface area contributed by atoms with Crippen LogP contribution in [-0.4, -0.2) is 42.4 Å². The van der Waals surface area contributed by atoms with Gasteiger partial charge in [0.1, 0.15) is 18.7 Å². The Morgan fingerprint density at radius 3 is 2.62 bits per heavy atom.